The highest BCUT2D eigenvalue weighted by Gasteiger charge is 2.24. The minimum atomic E-state index is 0.436. The quantitative estimate of drug-likeness (QED) is 0.795. The highest BCUT2D eigenvalue weighted by atomic mass is 16.3. The van der Waals surface area contributed by atoms with Crippen LogP contribution in [0.15, 0.2) is 47.1 Å². The summed E-state index contributed by atoms with van der Waals surface area (Å²) in [6, 6.07) is 12.6. The summed E-state index contributed by atoms with van der Waals surface area (Å²) in [7, 11) is 0. The highest BCUT2D eigenvalue weighted by molar-refractivity contribution is 5.57. The van der Waals surface area contributed by atoms with Crippen LogP contribution in [0.4, 0.5) is 0 Å². The van der Waals surface area contributed by atoms with E-state index in [2.05, 4.69) is 44.3 Å². The predicted molar refractivity (Wildman–Crippen MR) is 92.5 cm³/mol. The van der Waals surface area contributed by atoms with Crippen molar-refractivity contribution in [1.82, 2.24) is 20.1 Å². The molecule has 1 aliphatic rings. The molecule has 1 N–H and O–H groups in total. The van der Waals surface area contributed by atoms with Crippen LogP contribution in [0, 0.1) is 6.92 Å². The van der Waals surface area contributed by atoms with Gasteiger partial charge in [-0.25, -0.2) is 4.98 Å². The number of rotatable bonds is 4. The smallest absolute Gasteiger partial charge is 0.155 e. The van der Waals surface area contributed by atoms with Crippen molar-refractivity contribution in [3.63, 3.8) is 0 Å². The summed E-state index contributed by atoms with van der Waals surface area (Å²) in [6.45, 7) is 5.09. The van der Waals surface area contributed by atoms with Crippen molar-refractivity contribution < 1.29 is 4.42 Å². The highest BCUT2D eigenvalue weighted by Crippen LogP contribution is 2.26. The molecule has 0 spiro atoms. The Bertz CT molecular complexity index is 776. The minimum absolute atomic E-state index is 0.436. The largest absolute Gasteiger partial charge is 0.464 e. The van der Waals surface area contributed by atoms with Crippen LogP contribution in [-0.2, 0) is 6.54 Å². The molecule has 3 heterocycles. The maximum absolute atomic E-state index is 5.45. The second kappa shape index (κ2) is 6.61. The lowest BCUT2D eigenvalue weighted by Crippen LogP contribution is -2.34. The molecule has 24 heavy (non-hydrogen) atoms. The molecule has 5 nitrogen and oxygen atoms in total. The van der Waals surface area contributed by atoms with E-state index in [9.17, 15) is 0 Å². The fraction of sp³-hybridized carbons (Fsp3) is 0.368. The van der Waals surface area contributed by atoms with Crippen molar-refractivity contribution in [2.45, 2.75) is 32.2 Å². The van der Waals surface area contributed by atoms with E-state index in [1.807, 2.05) is 19.1 Å². The van der Waals surface area contributed by atoms with Crippen LogP contribution < -0.4 is 0 Å². The Morgan fingerprint density at radius 3 is 2.83 bits per heavy atom. The summed E-state index contributed by atoms with van der Waals surface area (Å²) in [5.41, 5.74) is 2.45. The van der Waals surface area contributed by atoms with Crippen LogP contribution in [-0.4, -0.2) is 33.2 Å². The van der Waals surface area contributed by atoms with E-state index in [4.69, 9.17) is 4.42 Å². The van der Waals surface area contributed by atoms with Crippen molar-refractivity contribution in [3.05, 3.63) is 59.9 Å². The number of likely N-dealkylation sites (tertiary alicyclic amines) is 1. The molecule has 1 aliphatic heterocycles. The number of nitrogens with zero attached hydrogens (tertiary/aromatic N) is 3. The Morgan fingerprint density at radius 1 is 1.25 bits per heavy atom. The van der Waals surface area contributed by atoms with E-state index < -0.39 is 0 Å². The van der Waals surface area contributed by atoms with E-state index in [-0.39, 0.29) is 0 Å². The van der Waals surface area contributed by atoms with Crippen molar-refractivity contribution >= 4 is 0 Å². The number of piperidine rings is 1. The predicted octanol–water partition coefficient (Wildman–Crippen LogP) is 3.75. The van der Waals surface area contributed by atoms with Crippen LogP contribution in [0.2, 0.25) is 0 Å². The van der Waals surface area contributed by atoms with E-state index in [0.29, 0.717) is 5.92 Å². The van der Waals surface area contributed by atoms with Crippen LogP contribution >= 0.6 is 0 Å². The third-order valence-electron chi connectivity index (χ3n) is 4.65. The summed E-state index contributed by atoms with van der Waals surface area (Å²) < 4.78 is 5.45. The Morgan fingerprint density at radius 2 is 2.12 bits per heavy atom. The zero-order chi connectivity index (χ0) is 16.4. The van der Waals surface area contributed by atoms with E-state index in [1.165, 1.54) is 18.4 Å². The monoisotopic (exact) mass is 322 g/mol. The Kier molecular flexibility index (Phi) is 4.17. The summed E-state index contributed by atoms with van der Waals surface area (Å²) in [4.78, 5) is 7.01. The summed E-state index contributed by atoms with van der Waals surface area (Å²) in [6.07, 6.45) is 4.08. The Balaban J connectivity index is 1.41. The molecule has 1 atom stereocenters. The van der Waals surface area contributed by atoms with Crippen molar-refractivity contribution in [1.29, 1.82) is 0 Å². The van der Waals surface area contributed by atoms with E-state index >= 15 is 0 Å². The van der Waals surface area contributed by atoms with Gasteiger partial charge in [0.25, 0.3) is 0 Å². The van der Waals surface area contributed by atoms with Gasteiger partial charge in [-0.15, -0.1) is 0 Å². The van der Waals surface area contributed by atoms with Gasteiger partial charge >= 0.3 is 0 Å². The molecule has 2 aromatic heterocycles. The molecule has 3 aromatic rings. The molecule has 0 saturated carbocycles. The number of H-pyrrole nitrogens is 1. The number of hydrogen-bond acceptors (Lipinski definition) is 4. The molecule has 1 saturated heterocycles. The first-order valence-electron chi connectivity index (χ1n) is 8.52. The average molecular weight is 322 g/mol. The number of benzene rings is 1. The molecule has 0 unspecified atom stereocenters. The lowest BCUT2D eigenvalue weighted by Gasteiger charge is -2.31. The van der Waals surface area contributed by atoms with Gasteiger partial charge in [-0.05, 0) is 44.0 Å². The fourth-order valence-corrected chi connectivity index (χ4v) is 3.43. The van der Waals surface area contributed by atoms with Crippen molar-refractivity contribution in [2.24, 2.45) is 0 Å². The van der Waals surface area contributed by atoms with Gasteiger partial charge in [-0.1, -0.05) is 24.3 Å². The number of aromatic amines is 1. The second-order valence-corrected chi connectivity index (χ2v) is 6.53. The molecule has 5 heteroatoms. The van der Waals surface area contributed by atoms with E-state index in [0.717, 1.165) is 42.6 Å². The van der Waals surface area contributed by atoms with E-state index in [1.54, 1.807) is 6.26 Å². The topological polar surface area (TPSA) is 58.0 Å². The lowest BCUT2D eigenvalue weighted by atomic mass is 9.97. The maximum atomic E-state index is 5.45. The molecule has 0 bridgehead atoms. The maximum Gasteiger partial charge on any atom is 0.155 e. The number of furan rings is 1. The molecule has 4 rings (SSSR count). The van der Waals surface area contributed by atoms with Gasteiger partial charge in [0.1, 0.15) is 11.6 Å². The van der Waals surface area contributed by atoms with Gasteiger partial charge in [-0.3, -0.25) is 10.00 Å². The van der Waals surface area contributed by atoms with Gasteiger partial charge in [0.05, 0.1) is 6.26 Å². The second-order valence-electron chi connectivity index (χ2n) is 6.53. The zero-order valence-electron chi connectivity index (χ0n) is 13.9. The van der Waals surface area contributed by atoms with Crippen LogP contribution in [0.1, 0.15) is 36.0 Å². The number of nitrogens with one attached hydrogen (secondary N) is 1. The summed E-state index contributed by atoms with van der Waals surface area (Å²) in [5.74, 6) is 3.21. The minimum Gasteiger partial charge on any atom is -0.464 e. The molecule has 0 amide bonds. The van der Waals surface area contributed by atoms with Gasteiger partial charge in [0.15, 0.2) is 5.82 Å². The first-order chi connectivity index (χ1) is 11.8. The van der Waals surface area contributed by atoms with Gasteiger partial charge in [-0.2, -0.15) is 5.10 Å². The van der Waals surface area contributed by atoms with Gasteiger partial charge < -0.3 is 4.42 Å². The van der Waals surface area contributed by atoms with Gasteiger partial charge in [0, 0.05) is 24.6 Å². The normalized spacial score (nSPS) is 18.8. The van der Waals surface area contributed by atoms with Crippen LogP contribution in [0.3, 0.4) is 0 Å². The molecular weight excluding hydrogens is 300 g/mol. The summed E-state index contributed by atoms with van der Waals surface area (Å²) >= 11 is 0. The SMILES string of the molecule is Cc1nc([C@@H]2CCCN(Cc3ccc(-c4ccco4)cc3)C2)n[nH]1. The van der Waals surface area contributed by atoms with Crippen LogP contribution in [0.25, 0.3) is 11.3 Å². The summed E-state index contributed by atoms with van der Waals surface area (Å²) in [5, 5.41) is 7.31. The Hall–Kier alpha value is -2.40. The lowest BCUT2D eigenvalue weighted by molar-refractivity contribution is 0.196. The van der Waals surface area contributed by atoms with Crippen molar-refractivity contribution in [2.75, 3.05) is 13.1 Å². The molecule has 0 aliphatic carbocycles. The van der Waals surface area contributed by atoms with Gasteiger partial charge in [0.2, 0.25) is 0 Å². The molecule has 1 fully saturated rings. The van der Waals surface area contributed by atoms with Crippen molar-refractivity contribution in [3.8, 4) is 11.3 Å². The number of hydrogen-bond donors (Lipinski definition) is 1. The number of aromatic nitrogens is 3. The molecule has 1 aromatic carbocycles. The third-order valence-corrected chi connectivity index (χ3v) is 4.65. The Labute approximate surface area is 141 Å². The number of aryl methyl sites for hydroxylation is 1. The zero-order valence-corrected chi connectivity index (χ0v) is 13.9. The molecule has 0 radical (unpaired) electrons. The average Bonchev–Trinajstić information content (AvgIpc) is 3.28. The standard InChI is InChI=1S/C19H22N4O/c1-14-20-19(22-21-14)17-4-2-10-23(13-17)12-15-6-8-16(9-7-15)18-5-3-11-24-18/h3,5-9,11,17H,2,4,10,12-13H2,1H3,(H,20,21,22)/t17-/m1/s1. The first-order valence-corrected chi connectivity index (χ1v) is 8.52. The first kappa shape index (κ1) is 15.1. The third kappa shape index (κ3) is 3.26. The fourth-order valence-electron chi connectivity index (χ4n) is 3.43. The van der Waals surface area contributed by atoms with Crippen LogP contribution in [0.5, 0.6) is 0 Å². The molecular formula is C19H22N4O. The molecule has 124 valence electrons.